The monoisotopic (exact) mass is 302 g/mol. The highest BCUT2D eigenvalue weighted by atomic mass is 16.3. The maximum atomic E-state index is 12.0. The van der Waals surface area contributed by atoms with Crippen molar-refractivity contribution in [1.82, 2.24) is 9.80 Å². The van der Waals surface area contributed by atoms with Crippen LogP contribution in [0.5, 0.6) is 0 Å². The van der Waals surface area contributed by atoms with Crippen LogP contribution < -0.4 is 5.32 Å². The number of aliphatic hydroxyl groups is 1. The van der Waals surface area contributed by atoms with Gasteiger partial charge >= 0.3 is 0 Å². The number of aliphatic hydroxyl groups excluding tert-OH is 1. The molecule has 1 aliphatic rings. The van der Waals surface area contributed by atoms with Crippen molar-refractivity contribution >= 4 is 11.6 Å². The summed E-state index contributed by atoms with van der Waals surface area (Å²) < 4.78 is 0. The zero-order chi connectivity index (χ0) is 15.8. The van der Waals surface area contributed by atoms with Crippen LogP contribution in [0.2, 0.25) is 0 Å². The van der Waals surface area contributed by atoms with Crippen LogP contribution in [0.15, 0.2) is 24.3 Å². The highest BCUT2D eigenvalue weighted by Gasteiger charge is 2.16. The van der Waals surface area contributed by atoms with Crippen LogP contribution in [-0.2, 0) is 4.79 Å². The van der Waals surface area contributed by atoms with Crippen LogP contribution in [0.1, 0.15) is 12.0 Å². The molecule has 1 aromatic carbocycles. The molecule has 1 aliphatic heterocycles. The van der Waals surface area contributed by atoms with Crippen LogP contribution in [0.3, 0.4) is 0 Å². The molecule has 118 valence electrons. The fourth-order valence-corrected chi connectivity index (χ4v) is 2.53. The van der Waals surface area contributed by atoms with E-state index in [0.29, 0.717) is 17.7 Å². The van der Waals surface area contributed by atoms with E-state index in [9.17, 15) is 4.79 Å². The van der Waals surface area contributed by atoms with Crippen molar-refractivity contribution < 1.29 is 9.90 Å². The quantitative estimate of drug-likeness (QED) is 0.800. The second-order valence-electron chi connectivity index (χ2n) is 5.40. The molecular formula is C16H22N4O2. The molecular weight excluding hydrogens is 280 g/mol. The van der Waals surface area contributed by atoms with E-state index < -0.39 is 0 Å². The van der Waals surface area contributed by atoms with Gasteiger partial charge in [0, 0.05) is 51.4 Å². The van der Waals surface area contributed by atoms with Crippen molar-refractivity contribution in [2.45, 2.75) is 6.42 Å². The number of nitrogens with one attached hydrogen (secondary N) is 1. The first kappa shape index (κ1) is 16.4. The summed E-state index contributed by atoms with van der Waals surface area (Å²) in [5.41, 5.74) is 1.20. The number of carbonyl (C=O) groups excluding carboxylic acids is 1. The Morgan fingerprint density at radius 3 is 2.55 bits per heavy atom. The zero-order valence-corrected chi connectivity index (χ0v) is 12.7. The van der Waals surface area contributed by atoms with Gasteiger partial charge in [-0.3, -0.25) is 9.69 Å². The van der Waals surface area contributed by atoms with Crippen LogP contribution in [0, 0.1) is 11.3 Å². The normalized spacial score (nSPS) is 16.2. The molecule has 0 spiro atoms. The molecule has 0 radical (unpaired) electrons. The Kier molecular flexibility index (Phi) is 6.34. The van der Waals surface area contributed by atoms with Crippen molar-refractivity contribution in [1.29, 1.82) is 5.26 Å². The first-order valence-electron chi connectivity index (χ1n) is 7.57. The molecule has 1 heterocycles. The third kappa shape index (κ3) is 5.11. The van der Waals surface area contributed by atoms with E-state index in [1.165, 1.54) is 0 Å². The van der Waals surface area contributed by atoms with Gasteiger partial charge in [-0.05, 0) is 18.2 Å². The van der Waals surface area contributed by atoms with Crippen LogP contribution in [-0.4, -0.2) is 66.7 Å². The number of hydrogen-bond donors (Lipinski definition) is 2. The number of β-amino-alcohol motifs (C(OH)–C–C–N with tert-alkyl or cyclic N) is 1. The van der Waals surface area contributed by atoms with Gasteiger partial charge in [-0.1, -0.05) is 6.07 Å². The average molecular weight is 302 g/mol. The number of piperazine rings is 1. The van der Waals surface area contributed by atoms with E-state index in [-0.39, 0.29) is 12.5 Å². The molecule has 0 atom stereocenters. The molecule has 2 N–H and O–H groups in total. The number of hydrogen-bond acceptors (Lipinski definition) is 5. The highest BCUT2D eigenvalue weighted by molar-refractivity contribution is 5.90. The lowest BCUT2D eigenvalue weighted by Crippen LogP contribution is -2.47. The summed E-state index contributed by atoms with van der Waals surface area (Å²) in [6.07, 6.45) is 0.441. The Morgan fingerprint density at radius 1 is 1.23 bits per heavy atom. The van der Waals surface area contributed by atoms with Crippen molar-refractivity contribution in [2.24, 2.45) is 0 Å². The predicted octanol–water partition coefficient (Wildman–Crippen LogP) is 0.497. The minimum Gasteiger partial charge on any atom is -0.395 e. The number of nitrogens with zero attached hydrogens (tertiary/aromatic N) is 3. The third-order valence-electron chi connectivity index (χ3n) is 3.81. The second-order valence-corrected chi connectivity index (χ2v) is 5.40. The molecule has 22 heavy (non-hydrogen) atoms. The summed E-state index contributed by atoms with van der Waals surface area (Å²) in [4.78, 5) is 16.4. The summed E-state index contributed by atoms with van der Waals surface area (Å²) in [5.74, 6) is -0.0344. The Bertz CT molecular complexity index is 533. The Morgan fingerprint density at radius 2 is 1.91 bits per heavy atom. The number of benzene rings is 1. The summed E-state index contributed by atoms with van der Waals surface area (Å²) in [6, 6.07) is 8.98. The molecule has 0 aromatic heterocycles. The van der Waals surface area contributed by atoms with Crippen molar-refractivity contribution in [2.75, 3.05) is 51.2 Å². The number of nitriles is 1. The minimum atomic E-state index is -0.0344. The van der Waals surface area contributed by atoms with Gasteiger partial charge in [-0.15, -0.1) is 0 Å². The van der Waals surface area contributed by atoms with E-state index in [1.807, 2.05) is 0 Å². The Labute approximate surface area is 130 Å². The maximum absolute atomic E-state index is 12.0. The summed E-state index contributed by atoms with van der Waals surface area (Å²) in [5, 5.41) is 20.6. The van der Waals surface area contributed by atoms with E-state index in [4.69, 9.17) is 10.4 Å². The number of amides is 1. The fraction of sp³-hybridized carbons (Fsp3) is 0.500. The fourth-order valence-electron chi connectivity index (χ4n) is 2.53. The lowest BCUT2D eigenvalue weighted by molar-refractivity contribution is -0.116. The molecule has 0 saturated carbocycles. The average Bonchev–Trinajstić information content (AvgIpc) is 2.55. The molecule has 0 unspecified atom stereocenters. The van der Waals surface area contributed by atoms with Crippen molar-refractivity contribution in [3.63, 3.8) is 0 Å². The summed E-state index contributed by atoms with van der Waals surface area (Å²) in [6.45, 7) is 5.39. The second kappa shape index (κ2) is 8.49. The molecule has 0 bridgehead atoms. The Balaban J connectivity index is 1.71. The SMILES string of the molecule is N#Cc1cccc(NC(=O)CCN2CCN(CCO)CC2)c1. The zero-order valence-electron chi connectivity index (χ0n) is 12.7. The van der Waals surface area contributed by atoms with Crippen LogP contribution in [0.25, 0.3) is 0 Å². The van der Waals surface area contributed by atoms with Gasteiger partial charge in [0.05, 0.1) is 18.2 Å². The van der Waals surface area contributed by atoms with E-state index in [1.54, 1.807) is 24.3 Å². The van der Waals surface area contributed by atoms with Gasteiger partial charge in [0.2, 0.25) is 5.91 Å². The van der Waals surface area contributed by atoms with Gasteiger partial charge in [0.25, 0.3) is 0 Å². The van der Waals surface area contributed by atoms with Gasteiger partial charge in [0.1, 0.15) is 0 Å². The topological polar surface area (TPSA) is 79.6 Å². The number of rotatable bonds is 6. The molecule has 0 aliphatic carbocycles. The molecule has 6 nitrogen and oxygen atoms in total. The standard InChI is InChI=1S/C16H22N4O2/c17-13-14-2-1-3-15(12-14)18-16(22)4-5-19-6-8-20(9-7-19)10-11-21/h1-3,12,21H,4-11H2,(H,18,22). The first-order valence-corrected chi connectivity index (χ1v) is 7.57. The maximum Gasteiger partial charge on any atom is 0.225 e. The van der Waals surface area contributed by atoms with E-state index in [0.717, 1.165) is 39.3 Å². The molecule has 6 heteroatoms. The molecule has 1 fully saturated rings. The molecule has 1 saturated heterocycles. The van der Waals surface area contributed by atoms with E-state index >= 15 is 0 Å². The third-order valence-corrected chi connectivity index (χ3v) is 3.81. The summed E-state index contributed by atoms with van der Waals surface area (Å²) >= 11 is 0. The highest BCUT2D eigenvalue weighted by Crippen LogP contribution is 2.10. The minimum absolute atomic E-state index is 0.0344. The smallest absolute Gasteiger partial charge is 0.225 e. The van der Waals surface area contributed by atoms with Gasteiger partial charge in [-0.2, -0.15) is 5.26 Å². The van der Waals surface area contributed by atoms with Gasteiger partial charge < -0.3 is 15.3 Å². The van der Waals surface area contributed by atoms with Gasteiger partial charge in [0.15, 0.2) is 0 Å². The lowest BCUT2D eigenvalue weighted by atomic mass is 10.2. The number of anilines is 1. The Hall–Kier alpha value is -1.94. The lowest BCUT2D eigenvalue weighted by Gasteiger charge is -2.34. The molecule has 1 amide bonds. The molecule has 1 aromatic rings. The van der Waals surface area contributed by atoms with Gasteiger partial charge in [-0.25, -0.2) is 0 Å². The van der Waals surface area contributed by atoms with Crippen LogP contribution in [0.4, 0.5) is 5.69 Å². The largest absolute Gasteiger partial charge is 0.395 e. The predicted molar refractivity (Wildman–Crippen MR) is 84.4 cm³/mol. The summed E-state index contributed by atoms with van der Waals surface area (Å²) in [7, 11) is 0. The van der Waals surface area contributed by atoms with Crippen LogP contribution >= 0.6 is 0 Å². The van der Waals surface area contributed by atoms with E-state index in [2.05, 4.69) is 21.2 Å². The number of carbonyl (C=O) groups is 1. The van der Waals surface area contributed by atoms with Crippen molar-refractivity contribution in [3.8, 4) is 6.07 Å². The van der Waals surface area contributed by atoms with Crippen molar-refractivity contribution in [3.05, 3.63) is 29.8 Å². The first-order chi connectivity index (χ1) is 10.7. The molecule has 2 rings (SSSR count).